The van der Waals surface area contributed by atoms with Crippen molar-refractivity contribution in [2.75, 3.05) is 13.7 Å². The normalized spacial score (nSPS) is 12.1. The standard InChI is InChI=1S/C20H26FN3O2.HI/c1-5-22-20(23-12-16-10-17(26-4)8-9-19(16)25)24-14(3)15-7-6-13(2)18(21)11-15;/h6-11,14,25H,5,12H2,1-4H3,(H2,22,23,24);1H. The predicted octanol–water partition coefficient (Wildman–Crippen LogP) is 4.28. The maximum Gasteiger partial charge on any atom is 0.192 e. The third-order valence-electron chi connectivity index (χ3n) is 4.09. The van der Waals surface area contributed by atoms with Crippen LogP contribution in [0, 0.1) is 12.7 Å². The molecule has 0 heterocycles. The van der Waals surface area contributed by atoms with Crippen LogP contribution in [0.25, 0.3) is 0 Å². The zero-order chi connectivity index (χ0) is 19.1. The smallest absolute Gasteiger partial charge is 0.192 e. The lowest BCUT2D eigenvalue weighted by Crippen LogP contribution is -2.38. The highest BCUT2D eigenvalue weighted by Crippen LogP contribution is 2.23. The lowest BCUT2D eigenvalue weighted by atomic mass is 10.1. The van der Waals surface area contributed by atoms with Crippen LogP contribution < -0.4 is 15.4 Å². The Morgan fingerprint density at radius 1 is 1.26 bits per heavy atom. The molecule has 2 rings (SSSR count). The summed E-state index contributed by atoms with van der Waals surface area (Å²) in [5, 5.41) is 16.4. The molecule has 0 radical (unpaired) electrons. The van der Waals surface area contributed by atoms with E-state index in [-0.39, 0.29) is 48.1 Å². The van der Waals surface area contributed by atoms with Gasteiger partial charge < -0.3 is 20.5 Å². The summed E-state index contributed by atoms with van der Waals surface area (Å²) in [6.45, 7) is 6.62. The first kappa shape index (κ1) is 23.0. The molecular weight excluding hydrogens is 460 g/mol. The second-order valence-electron chi connectivity index (χ2n) is 6.06. The maximum absolute atomic E-state index is 13.8. The number of nitrogens with zero attached hydrogens (tertiary/aromatic N) is 1. The molecule has 0 saturated heterocycles. The molecule has 148 valence electrons. The SMILES string of the molecule is CCNC(=NCc1cc(OC)ccc1O)NC(C)c1ccc(C)c(F)c1.I. The van der Waals surface area contributed by atoms with E-state index in [1.165, 1.54) is 6.07 Å². The zero-order valence-electron chi connectivity index (χ0n) is 16.0. The van der Waals surface area contributed by atoms with E-state index in [9.17, 15) is 9.50 Å². The van der Waals surface area contributed by atoms with Crippen molar-refractivity contribution in [2.45, 2.75) is 33.4 Å². The Bertz CT molecular complexity index is 784. The molecule has 0 aliphatic carbocycles. The second kappa shape index (κ2) is 11.0. The average molecular weight is 487 g/mol. The van der Waals surface area contributed by atoms with Crippen molar-refractivity contribution >= 4 is 29.9 Å². The van der Waals surface area contributed by atoms with Gasteiger partial charge in [-0.3, -0.25) is 0 Å². The van der Waals surface area contributed by atoms with Crippen molar-refractivity contribution in [3.8, 4) is 11.5 Å². The van der Waals surface area contributed by atoms with Gasteiger partial charge in [0.15, 0.2) is 5.96 Å². The molecule has 5 nitrogen and oxygen atoms in total. The van der Waals surface area contributed by atoms with E-state index in [2.05, 4.69) is 15.6 Å². The molecule has 0 bridgehead atoms. The number of nitrogens with one attached hydrogen (secondary N) is 2. The number of phenolic OH excluding ortho intramolecular Hbond substituents is 1. The second-order valence-corrected chi connectivity index (χ2v) is 6.06. The lowest BCUT2D eigenvalue weighted by molar-refractivity contribution is 0.411. The van der Waals surface area contributed by atoms with Crippen LogP contribution in [0.2, 0.25) is 0 Å². The van der Waals surface area contributed by atoms with Gasteiger partial charge in [0, 0.05) is 12.1 Å². The Hall–Kier alpha value is -2.03. The molecule has 1 unspecified atom stereocenters. The van der Waals surface area contributed by atoms with Crippen molar-refractivity contribution in [2.24, 2.45) is 4.99 Å². The maximum atomic E-state index is 13.8. The lowest BCUT2D eigenvalue weighted by Gasteiger charge is -2.18. The van der Waals surface area contributed by atoms with Crippen LogP contribution in [0.15, 0.2) is 41.4 Å². The van der Waals surface area contributed by atoms with Crippen LogP contribution in [0.3, 0.4) is 0 Å². The van der Waals surface area contributed by atoms with Crippen LogP contribution in [0.4, 0.5) is 4.39 Å². The van der Waals surface area contributed by atoms with Crippen LogP contribution in [0.5, 0.6) is 11.5 Å². The minimum atomic E-state index is -0.223. The summed E-state index contributed by atoms with van der Waals surface area (Å²) in [7, 11) is 1.58. The summed E-state index contributed by atoms with van der Waals surface area (Å²) >= 11 is 0. The Balaban J connectivity index is 0.00000364. The van der Waals surface area contributed by atoms with Gasteiger partial charge in [-0.2, -0.15) is 0 Å². The number of aromatic hydroxyl groups is 1. The molecule has 7 heteroatoms. The first-order valence-corrected chi connectivity index (χ1v) is 8.61. The van der Waals surface area contributed by atoms with E-state index < -0.39 is 0 Å². The fraction of sp³-hybridized carbons (Fsp3) is 0.350. The number of methoxy groups -OCH3 is 1. The number of phenols is 1. The first-order valence-electron chi connectivity index (χ1n) is 8.61. The number of aliphatic imine (C=N–C) groups is 1. The summed E-state index contributed by atoms with van der Waals surface area (Å²) in [5.74, 6) is 1.19. The molecule has 0 aliphatic rings. The number of halogens is 2. The fourth-order valence-corrected chi connectivity index (χ4v) is 2.47. The van der Waals surface area contributed by atoms with E-state index in [4.69, 9.17) is 4.74 Å². The molecule has 0 saturated carbocycles. The molecule has 0 aromatic heterocycles. The van der Waals surface area contributed by atoms with Crippen LogP contribution in [-0.4, -0.2) is 24.7 Å². The molecule has 0 spiro atoms. The zero-order valence-corrected chi connectivity index (χ0v) is 18.4. The predicted molar refractivity (Wildman–Crippen MR) is 118 cm³/mol. The minimum Gasteiger partial charge on any atom is -0.508 e. The topological polar surface area (TPSA) is 65.9 Å². The minimum absolute atomic E-state index is 0. The third-order valence-corrected chi connectivity index (χ3v) is 4.09. The van der Waals surface area contributed by atoms with Crippen LogP contribution >= 0.6 is 24.0 Å². The highest BCUT2D eigenvalue weighted by molar-refractivity contribution is 14.0. The highest BCUT2D eigenvalue weighted by Gasteiger charge is 2.10. The van der Waals surface area contributed by atoms with E-state index in [0.29, 0.717) is 29.4 Å². The Labute approximate surface area is 177 Å². The van der Waals surface area contributed by atoms with Gasteiger partial charge >= 0.3 is 0 Å². The van der Waals surface area contributed by atoms with Crippen LogP contribution in [0.1, 0.15) is 36.6 Å². The third kappa shape index (κ3) is 6.57. The Kier molecular flexibility index (Phi) is 9.34. The largest absolute Gasteiger partial charge is 0.508 e. The van der Waals surface area contributed by atoms with Gasteiger partial charge in [0.05, 0.1) is 19.7 Å². The first-order chi connectivity index (χ1) is 12.4. The highest BCUT2D eigenvalue weighted by atomic mass is 127. The summed E-state index contributed by atoms with van der Waals surface area (Å²) in [6, 6.07) is 10.1. The van der Waals surface area contributed by atoms with Gasteiger partial charge in [-0.05, 0) is 56.2 Å². The Morgan fingerprint density at radius 3 is 2.63 bits per heavy atom. The van der Waals surface area contributed by atoms with E-state index in [1.54, 1.807) is 38.3 Å². The van der Waals surface area contributed by atoms with Crippen molar-refractivity contribution < 1.29 is 14.2 Å². The molecule has 27 heavy (non-hydrogen) atoms. The number of guanidine groups is 1. The summed E-state index contributed by atoms with van der Waals surface area (Å²) in [5.41, 5.74) is 2.12. The van der Waals surface area contributed by atoms with Crippen molar-refractivity contribution in [1.29, 1.82) is 0 Å². The fourth-order valence-electron chi connectivity index (χ4n) is 2.47. The molecule has 0 aliphatic heterocycles. The number of rotatable bonds is 6. The van der Waals surface area contributed by atoms with Gasteiger partial charge in [0.2, 0.25) is 0 Å². The molecule has 0 amide bonds. The van der Waals surface area contributed by atoms with E-state index >= 15 is 0 Å². The van der Waals surface area contributed by atoms with Gasteiger partial charge in [-0.1, -0.05) is 12.1 Å². The van der Waals surface area contributed by atoms with Gasteiger partial charge in [0.25, 0.3) is 0 Å². The molecule has 1 atom stereocenters. The number of ether oxygens (including phenoxy) is 1. The summed E-state index contributed by atoms with van der Waals surface area (Å²) < 4.78 is 19.0. The molecular formula is C20H27FIN3O2. The van der Waals surface area contributed by atoms with Crippen molar-refractivity contribution in [1.82, 2.24) is 10.6 Å². The van der Waals surface area contributed by atoms with Crippen molar-refractivity contribution in [3.63, 3.8) is 0 Å². The van der Waals surface area contributed by atoms with Crippen molar-refractivity contribution in [3.05, 3.63) is 58.9 Å². The molecule has 3 N–H and O–H groups in total. The number of hydrogen-bond acceptors (Lipinski definition) is 3. The number of hydrogen-bond donors (Lipinski definition) is 3. The molecule has 2 aromatic carbocycles. The Morgan fingerprint density at radius 2 is 2.00 bits per heavy atom. The summed E-state index contributed by atoms with van der Waals surface area (Å²) in [4.78, 5) is 4.51. The van der Waals surface area contributed by atoms with E-state index in [0.717, 1.165) is 5.56 Å². The van der Waals surface area contributed by atoms with Crippen LogP contribution in [-0.2, 0) is 6.54 Å². The number of aryl methyl sites for hydroxylation is 1. The quantitative estimate of drug-likeness (QED) is 0.323. The van der Waals surface area contributed by atoms with Gasteiger partial charge in [-0.25, -0.2) is 9.38 Å². The van der Waals surface area contributed by atoms with E-state index in [1.807, 2.05) is 19.9 Å². The molecule has 2 aromatic rings. The average Bonchev–Trinajstić information content (AvgIpc) is 2.63. The monoisotopic (exact) mass is 487 g/mol. The van der Waals surface area contributed by atoms with Gasteiger partial charge in [-0.15, -0.1) is 24.0 Å². The van der Waals surface area contributed by atoms with Gasteiger partial charge in [0.1, 0.15) is 17.3 Å². The number of benzene rings is 2. The molecule has 0 fully saturated rings. The summed E-state index contributed by atoms with van der Waals surface area (Å²) in [6.07, 6.45) is 0.